The topological polar surface area (TPSA) is 24.9 Å². The lowest BCUT2D eigenvalue weighted by atomic mass is 10.6. The van der Waals surface area contributed by atoms with Crippen molar-refractivity contribution in [1.29, 1.82) is 0 Å². The minimum Gasteiger partial charge on any atom is -0.362 e. The van der Waals surface area contributed by atoms with Gasteiger partial charge in [0.2, 0.25) is 0 Å². The second-order valence-electron chi connectivity index (χ2n) is 1.81. The molecule has 0 spiro atoms. The molecule has 1 aromatic rings. The van der Waals surface area contributed by atoms with Crippen LogP contribution in [0, 0.1) is 0 Å². The first kappa shape index (κ1) is 11.0. The van der Waals surface area contributed by atoms with Crippen molar-refractivity contribution in [2.24, 2.45) is 0 Å². The highest BCUT2D eigenvalue weighted by molar-refractivity contribution is 7.13. The molecule has 1 N–H and O–H groups in total. The fourth-order valence-corrected chi connectivity index (χ4v) is 1.61. The van der Waals surface area contributed by atoms with Crippen molar-refractivity contribution in [3.8, 4) is 0 Å². The Balaban J connectivity index is 0.000001000. The molecule has 0 fully saturated rings. The molecular weight excluding hydrogens is 203 g/mol. The van der Waals surface area contributed by atoms with E-state index in [1.54, 1.807) is 11.3 Å². The number of alkyl halides is 1. The molecule has 0 aliphatic carbocycles. The summed E-state index contributed by atoms with van der Waals surface area (Å²) in [5.74, 6) is 0.502. The van der Waals surface area contributed by atoms with Gasteiger partial charge in [0.25, 0.3) is 0 Å². The number of hydrogen-bond donors (Lipinski definition) is 1. The zero-order valence-electron chi connectivity index (χ0n) is 6.13. The normalized spacial score (nSPS) is 8.91. The van der Waals surface area contributed by atoms with Gasteiger partial charge in [0, 0.05) is 11.9 Å². The monoisotopic (exact) mass is 212 g/mol. The van der Waals surface area contributed by atoms with E-state index in [1.165, 1.54) is 0 Å². The number of halogens is 2. The molecule has 1 rings (SSSR count). The van der Waals surface area contributed by atoms with E-state index in [1.807, 2.05) is 12.3 Å². The number of aromatic nitrogens is 1. The molecule has 2 nitrogen and oxygen atoms in total. The van der Waals surface area contributed by atoms with E-state index < -0.39 is 0 Å². The second kappa shape index (κ2) is 5.63. The van der Waals surface area contributed by atoms with Crippen LogP contribution >= 0.6 is 35.3 Å². The molecule has 1 heterocycles. The average Bonchev–Trinajstić information content (AvgIpc) is 2.37. The number of thiazole rings is 1. The number of nitrogens with zero attached hydrogens (tertiary/aromatic N) is 1. The van der Waals surface area contributed by atoms with Gasteiger partial charge < -0.3 is 5.32 Å². The Hall–Kier alpha value is 0.01000. The molecule has 5 heteroatoms. The molecule has 0 radical (unpaired) electrons. The van der Waals surface area contributed by atoms with E-state index in [9.17, 15) is 0 Å². The van der Waals surface area contributed by atoms with Crippen LogP contribution in [0.2, 0.25) is 0 Å². The maximum Gasteiger partial charge on any atom is 0.182 e. The summed E-state index contributed by atoms with van der Waals surface area (Å²) >= 11 is 7.15. The molecular formula is C6H10Cl2N2S. The van der Waals surface area contributed by atoms with Gasteiger partial charge in [-0.15, -0.1) is 35.3 Å². The van der Waals surface area contributed by atoms with E-state index >= 15 is 0 Å². The summed E-state index contributed by atoms with van der Waals surface area (Å²) in [5, 5.41) is 6.03. The third-order valence-electron chi connectivity index (χ3n) is 1.02. The van der Waals surface area contributed by atoms with Crippen LogP contribution in [0.3, 0.4) is 0 Å². The van der Waals surface area contributed by atoms with Crippen molar-refractivity contribution in [2.45, 2.75) is 12.8 Å². The molecule has 0 aromatic carbocycles. The van der Waals surface area contributed by atoms with Gasteiger partial charge in [0.15, 0.2) is 5.13 Å². The predicted molar refractivity (Wildman–Crippen MR) is 53.1 cm³/mol. The first-order valence-electron chi connectivity index (χ1n) is 3.11. The fraction of sp³-hybridized carbons (Fsp3) is 0.500. The Kier molecular flexibility index (Phi) is 5.64. The summed E-state index contributed by atoms with van der Waals surface area (Å²) in [5.41, 5.74) is 0.947. The van der Waals surface area contributed by atoms with Crippen molar-refractivity contribution in [2.75, 3.05) is 11.9 Å². The van der Waals surface area contributed by atoms with Crippen LogP contribution in [0.4, 0.5) is 5.13 Å². The molecule has 0 aliphatic rings. The fourth-order valence-electron chi connectivity index (χ4n) is 0.601. The van der Waals surface area contributed by atoms with Gasteiger partial charge in [0.05, 0.1) is 11.6 Å². The van der Waals surface area contributed by atoms with Crippen LogP contribution in [0.5, 0.6) is 0 Å². The minimum absolute atomic E-state index is 0. The predicted octanol–water partition coefficient (Wildman–Crippen LogP) is 2.74. The summed E-state index contributed by atoms with van der Waals surface area (Å²) in [7, 11) is 0. The summed E-state index contributed by atoms with van der Waals surface area (Å²) in [6.07, 6.45) is 0. The Morgan fingerprint density at radius 2 is 2.45 bits per heavy atom. The quantitative estimate of drug-likeness (QED) is 0.781. The van der Waals surface area contributed by atoms with Crippen LogP contribution in [0.1, 0.15) is 12.6 Å². The number of hydrogen-bond acceptors (Lipinski definition) is 3. The molecule has 64 valence electrons. The van der Waals surface area contributed by atoms with Crippen molar-refractivity contribution < 1.29 is 0 Å². The lowest BCUT2D eigenvalue weighted by Crippen LogP contribution is -1.95. The summed E-state index contributed by atoms with van der Waals surface area (Å²) in [6, 6.07) is 0. The average molecular weight is 213 g/mol. The van der Waals surface area contributed by atoms with E-state index in [-0.39, 0.29) is 12.4 Å². The Morgan fingerprint density at radius 1 is 1.73 bits per heavy atom. The lowest BCUT2D eigenvalue weighted by molar-refractivity contribution is 1.15. The van der Waals surface area contributed by atoms with Crippen molar-refractivity contribution in [1.82, 2.24) is 4.98 Å². The summed E-state index contributed by atoms with van der Waals surface area (Å²) in [6.45, 7) is 2.96. The highest BCUT2D eigenvalue weighted by Crippen LogP contribution is 2.15. The van der Waals surface area contributed by atoms with E-state index in [0.29, 0.717) is 5.88 Å². The Bertz CT molecular complexity index is 202. The van der Waals surface area contributed by atoms with E-state index in [2.05, 4.69) is 10.3 Å². The van der Waals surface area contributed by atoms with Crippen LogP contribution in [0.15, 0.2) is 5.38 Å². The van der Waals surface area contributed by atoms with Crippen LogP contribution in [-0.2, 0) is 5.88 Å². The van der Waals surface area contributed by atoms with Gasteiger partial charge in [-0.1, -0.05) is 0 Å². The summed E-state index contributed by atoms with van der Waals surface area (Å²) < 4.78 is 0. The molecule has 0 aliphatic heterocycles. The zero-order valence-corrected chi connectivity index (χ0v) is 8.52. The van der Waals surface area contributed by atoms with Crippen molar-refractivity contribution in [3.05, 3.63) is 11.1 Å². The van der Waals surface area contributed by atoms with Gasteiger partial charge in [-0.2, -0.15) is 0 Å². The van der Waals surface area contributed by atoms with Gasteiger partial charge in [-0.3, -0.25) is 0 Å². The first-order chi connectivity index (χ1) is 4.86. The highest BCUT2D eigenvalue weighted by atomic mass is 35.5. The molecule has 1 aromatic heterocycles. The molecule has 0 saturated carbocycles. The van der Waals surface area contributed by atoms with Gasteiger partial charge in [-0.25, -0.2) is 4.98 Å². The van der Waals surface area contributed by atoms with Crippen LogP contribution < -0.4 is 5.32 Å². The second-order valence-corrected chi connectivity index (χ2v) is 2.93. The molecule has 0 unspecified atom stereocenters. The van der Waals surface area contributed by atoms with Gasteiger partial charge in [-0.05, 0) is 6.92 Å². The first-order valence-corrected chi connectivity index (χ1v) is 4.52. The largest absolute Gasteiger partial charge is 0.362 e. The summed E-state index contributed by atoms with van der Waals surface area (Å²) in [4.78, 5) is 4.19. The molecule has 0 bridgehead atoms. The highest BCUT2D eigenvalue weighted by Gasteiger charge is 1.96. The van der Waals surface area contributed by atoms with Crippen LogP contribution in [-0.4, -0.2) is 11.5 Å². The molecule has 11 heavy (non-hydrogen) atoms. The van der Waals surface area contributed by atoms with Crippen molar-refractivity contribution >= 4 is 40.5 Å². The van der Waals surface area contributed by atoms with E-state index in [0.717, 1.165) is 17.4 Å². The van der Waals surface area contributed by atoms with Crippen molar-refractivity contribution in [3.63, 3.8) is 0 Å². The number of rotatable bonds is 3. The minimum atomic E-state index is 0. The lowest BCUT2D eigenvalue weighted by Gasteiger charge is -1.92. The van der Waals surface area contributed by atoms with Gasteiger partial charge >= 0.3 is 0 Å². The third kappa shape index (κ3) is 3.27. The van der Waals surface area contributed by atoms with E-state index in [4.69, 9.17) is 11.6 Å². The van der Waals surface area contributed by atoms with Gasteiger partial charge in [0.1, 0.15) is 0 Å². The molecule has 0 amide bonds. The molecule has 0 atom stereocenters. The maximum atomic E-state index is 5.56. The zero-order chi connectivity index (χ0) is 7.40. The number of anilines is 1. The number of nitrogens with one attached hydrogen (secondary N) is 1. The third-order valence-corrected chi connectivity index (χ3v) is 2.14. The van der Waals surface area contributed by atoms with Crippen LogP contribution in [0.25, 0.3) is 0 Å². The smallest absolute Gasteiger partial charge is 0.182 e. The Morgan fingerprint density at radius 3 is 2.91 bits per heavy atom. The Labute approximate surface area is 81.4 Å². The SMILES string of the molecule is CCNc1nc(CCl)cs1.Cl. The maximum absolute atomic E-state index is 5.56. The standard InChI is InChI=1S/C6H9ClN2S.ClH/c1-2-8-6-9-5(3-7)4-10-6;/h4H,2-3H2,1H3,(H,8,9);1H. The molecule has 0 saturated heterocycles.